The van der Waals surface area contributed by atoms with Crippen molar-refractivity contribution in [2.45, 2.75) is 284 Å². The lowest BCUT2D eigenvalue weighted by Crippen LogP contribution is -2.24. The third-order valence-electron chi connectivity index (χ3n) is 11.6. The third-order valence-corrected chi connectivity index (χ3v) is 11.6. The zero-order valence-corrected chi connectivity index (χ0v) is 38.2. The van der Waals surface area contributed by atoms with Crippen LogP contribution in [0.2, 0.25) is 0 Å². The molecular formula is C52H100N2O2. The highest BCUT2D eigenvalue weighted by atomic mass is 16.2. The van der Waals surface area contributed by atoms with E-state index < -0.39 is 0 Å². The van der Waals surface area contributed by atoms with Gasteiger partial charge in [-0.15, -0.1) is 0 Å². The lowest BCUT2D eigenvalue weighted by atomic mass is 10.1. The van der Waals surface area contributed by atoms with E-state index >= 15 is 0 Å². The number of carbonyl (C=O) groups is 2. The predicted molar refractivity (Wildman–Crippen MR) is 250 cm³/mol. The summed E-state index contributed by atoms with van der Waals surface area (Å²) in [5.74, 6) is 0.473. The molecule has 0 aliphatic rings. The summed E-state index contributed by atoms with van der Waals surface area (Å²) < 4.78 is 0. The summed E-state index contributed by atoms with van der Waals surface area (Å²) in [5, 5.41) is 6.25. The molecule has 0 aromatic heterocycles. The fourth-order valence-corrected chi connectivity index (χ4v) is 7.72. The largest absolute Gasteiger partial charge is 0.356 e. The van der Waals surface area contributed by atoms with E-state index in [0.717, 1.165) is 38.8 Å². The Kier molecular flexibility index (Phi) is 48.2. The first-order valence-corrected chi connectivity index (χ1v) is 25.5. The summed E-state index contributed by atoms with van der Waals surface area (Å²) in [6.07, 6.45) is 63.1. The molecule has 0 spiro atoms. The van der Waals surface area contributed by atoms with Gasteiger partial charge in [-0.3, -0.25) is 9.59 Å². The van der Waals surface area contributed by atoms with E-state index in [4.69, 9.17) is 0 Å². The topological polar surface area (TPSA) is 58.2 Å². The van der Waals surface area contributed by atoms with Crippen LogP contribution < -0.4 is 10.6 Å². The molecule has 0 atom stereocenters. The Morgan fingerprint density at radius 3 is 0.768 bits per heavy atom. The number of rotatable bonds is 47. The molecule has 0 saturated carbocycles. The molecule has 0 rings (SSSR count). The van der Waals surface area contributed by atoms with E-state index in [1.807, 2.05) is 0 Å². The van der Waals surface area contributed by atoms with Gasteiger partial charge in [-0.2, -0.15) is 0 Å². The molecule has 2 amide bonds. The maximum atomic E-state index is 12.2. The smallest absolute Gasteiger partial charge is 0.219 e. The van der Waals surface area contributed by atoms with Crippen LogP contribution in [0.15, 0.2) is 24.3 Å². The molecule has 0 heterocycles. The van der Waals surface area contributed by atoms with Crippen molar-refractivity contribution in [2.75, 3.05) is 13.1 Å². The van der Waals surface area contributed by atoms with Crippen LogP contribution in [0, 0.1) is 0 Å². The first kappa shape index (κ1) is 54.4. The van der Waals surface area contributed by atoms with Crippen LogP contribution in [0.25, 0.3) is 0 Å². The molecule has 2 N–H and O–H groups in total. The van der Waals surface area contributed by atoms with E-state index in [1.54, 1.807) is 0 Å². The number of hydrogen-bond acceptors (Lipinski definition) is 2. The lowest BCUT2D eigenvalue weighted by molar-refractivity contribution is -0.122. The van der Waals surface area contributed by atoms with Gasteiger partial charge in [0.05, 0.1) is 0 Å². The van der Waals surface area contributed by atoms with E-state index in [-0.39, 0.29) is 11.8 Å². The summed E-state index contributed by atoms with van der Waals surface area (Å²) >= 11 is 0. The molecular weight excluding hydrogens is 685 g/mol. The van der Waals surface area contributed by atoms with Gasteiger partial charge in [-0.05, 0) is 77.0 Å². The Balaban J connectivity index is 3.26. The standard InChI is InChI=1S/C52H100N2O2/c1-3-5-7-9-11-13-15-17-19-21-23-25-27-29-31-33-35-39-43-47-51(55)53-49-45-41-37-38-42-46-50-54-52(56)48-44-40-36-34-32-30-28-26-24-22-20-18-16-14-12-10-8-6-4-2/h17-20H,3-16,21-50H2,1-2H3,(H,53,55)(H,54,56). The summed E-state index contributed by atoms with van der Waals surface area (Å²) in [4.78, 5) is 24.3. The van der Waals surface area contributed by atoms with Crippen molar-refractivity contribution in [3.8, 4) is 0 Å². The number of carbonyl (C=O) groups excluding carboxylic acids is 2. The van der Waals surface area contributed by atoms with Crippen molar-refractivity contribution in [2.24, 2.45) is 0 Å². The van der Waals surface area contributed by atoms with Gasteiger partial charge in [0.15, 0.2) is 0 Å². The Bertz CT molecular complexity index is 769. The van der Waals surface area contributed by atoms with Crippen LogP contribution >= 0.6 is 0 Å². The molecule has 0 radical (unpaired) electrons. The van der Waals surface area contributed by atoms with Crippen molar-refractivity contribution in [1.82, 2.24) is 10.6 Å². The third kappa shape index (κ3) is 48.6. The molecule has 0 aromatic carbocycles. The second-order valence-corrected chi connectivity index (χ2v) is 17.3. The molecule has 0 unspecified atom stereocenters. The van der Waals surface area contributed by atoms with Gasteiger partial charge < -0.3 is 10.6 Å². The normalized spacial score (nSPS) is 11.7. The fourth-order valence-electron chi connectivity index (χ4n) is 7.72. The predicted octanol–water partition coefficient (Wildman–Crippen LogP) is 16.8. The number of hydrogen-bond donors (Lipinski definition) is 2. The molecule has 4 nitrogen and oxygen atoms in total. The van der Waals surface area contributed by atoms with E-state index in [2.05, 4.69) is 48.8 Å². The van der Waals surface area contributed by atoms with Gasteiger partial charge in [0, 0.05) is 25.9 Å². The summed E-state index contributed by atoms with van der Waals surface area (Å²) in [6, 6.07) is 0. The zero-order chi connectivity index (χ0) is 40.5. The first-order valence-electron chi connectivity index (χ1n) is 25.5. The Morgan fingerprint density at radius 1 is 0.286 bits per heavy atom. The minimum atomic E-state index is 0.236. The average molecular weight is 785 g/mol. The molecule has 4 heteroatoms. The molecule has 0 aliphatic carbocycles. The molecule has 0 aliphatic heterocycles. The van der Waals surface area contributed by atoms with Crippen LogP contribution in [-0.2, 0) is 9.59 Å². The lowest BCUT2D eigenvalue weighted by Gasteiger charge is -2.07. The van der Waals surface area contributed by atoms with Gasteiger partial charge in [-0.1, -0.05) is 218 Å². The van der Waals surface area contributed by atoms with Crippen LogP contribution in [0.4, 0.5) is 0 Å². The highest BCUT2D eigenvalue weighted by Crippen LogP contribution is 2.14. The number of allylic oxidation sites excluding steroid dienone is 4. The average Bonchev–Trinajstić information content (AvgIpc) is 3.20. The maximum Gasteiger partial charge on any atom is 0.219 e. The summed E-state index contributed by atoms with van der Waals surface area (Å²) in [7, 11) is 0. The number of nitrogens with one attached hydrogen (secondary N) is 2. The second-order valence-electron chi connectivity index (χ2n) is 17.3. The Morgan fingerprint density at radius 2 is 0.500 bits per heavy atom. The van der Waals surface area contributed by atoms with Crippen molar-refractivity contribution in [3.63, 3.8) is 0 Å². The summed E-state index contributed by atoms with van der Waals surface area (Å²) in [6.45, 7) is 6.21. The number of unbranched alkanes of at least 4 members (excludes halogenated alkanes) is 35. The quantitative estimate of drug-likeness (QED) is 0.0477. The molecule has 0 saturated heterocycles. The zero-order valence-electron chi connectivity index (χ0n) is 38.2. The van der Waals surface area contributed by atoms with Gasteiger partial charge in [0.2, 0.25) is 11.8 Å². The van der Waals surface area contributed by atoms with Gasteiger partial charge in [0.25, 0.3) is 0 Å². The molecule has 330 valence electrons. The minimum absolute atomic E-state index is 0.236. The van der Waals surface area contributed by atoms with Crippen LogP contribution in [0.3, 0.4) is 0 Å². The maximum absolute atomic E-state index is 12.2. The van der Waals surface area contributed by atoms with E-state index in [0.29, 0.717) is 12.8 Å². The van der Waals surface area contributed by atoms with Crippen LogP contribution in [0.5, 0.6) is 0 Å². The van der Waals surface area contributed by atoms with E-state index in [1.165, 1.54) is 231 Å². The van der Waals surface area contributed by atoms with Gasteiger partial charge in [-0.25, -0.2) is 0 Å². The van der Waals surface area contributed by atoms with Crippen LogP contribution in [-0.4, -0.2) is 24.9 Å². The molecule has 0 bridgehead atoms. The van der Waals surface area contributed by atoms with Crippen molar-refractivity contribution in [1.29, 1.82) is 0 Å². The first-order chi connectivity index (χ1) is 27.7. The Labute approximate surface area is 351 Å². The molecule has 0 aromatic rings. The minimum Gasteiger partial charge on any atom is -0.356 e. The van der Waals surface area contributed by atoms with Crippen molar-refractivity contribution >= 4 is 11.8 Å². The summed E-state index contributed by atoms with van der Waals surface area (Å²) in [5.41, 5.74) is 0. The van der Waals surface area contributed by atoms with E-state index in [9.17, 15) is 9.59 Å². The fraction of sp³-hybridized carbons (Fsp3) is 0.885. The van der Waals surface area contributed by atoms with Crippen molar-refractivity contribution in [3.05, 3.63) is 24.3 Å². The van der Waals surface area contributed by atoms with Crippen LogP contribution in [0.1, 0.15) is 284 Å². The number of amides is 2. The highest BCUT2D eigenvalue weighted by molar-refractivity contribution is 5.76. The van der Waals surface area contributed by atoms with Crippen molar-refractivity contribution < 1.29 is 9.59 Å². The Hall–Kier alpha value is -1.58. The monoisotopic (exact) mass is 785 g/mol. The second kappa shape index (κ2) is 49.6. The van der Waals surface area contributed by atoms with Gasteiger partial charge >= 0.3 is 0 Å². The SMILES string of the molecule is CCCCCCCCC=CCCCCCCCCCCCC(=O)NCCCCCCCCNC(=O)CCCCCCCCCCCC=CCCCCCCCC. The highest BCUT2D eigenvalue weighted by Gasteiger charge is 2.03. The molecule has 0 fully saturated rings. The van der Waals surface area contributed by atoms with Gasteiger partial charge in [0.1, 0.15) is 0 Å². The molecule has 56 heavy (non-hydrogen) atoms.